The zero-order valence-electron chi connectivity index (χ0n) is 13.3. The SMILES string of the molecule is O=C(O)CC(c1ccccc1)S(=O)(=O)C(CC(=O)O)c1ccccc1. The Bertz CT molecular complexity index is 765. The fourth-order valence-corrected chi connectivity index (χ4v) is 4.92. The van der Waals surface area contributed by atoms with Gasteiger partial charge in [-0.15, -0.1) is 0 Å². The molecule has 0 fully saturated rings. The van der Waals surface area contributed by atoms with Gasteiger partial charge in [-0.05, 0) is 11.1 Å². The van der Waals surface area contributed by atoms with Gasteiger partial charge < -0.3 is 10.2 Å². The second kappa shape index (κ2) is 7.94. The maximum absolute atomic E-state index is 13.2. The second-order valence-electron chi connectivity index (χ2n) is 5.58. The summed E-state index contributed by atoms with van der Waals surface area (Å²) in [5.74, 6) is -2.53. The molecule has 0 saturated heterocycles. The molecular formula is C18H18O6S. The van der Waals surface area contributed by atoms with Gasteiger partial charge in [0.25, 0.3) is 0 Å². The molecule has 0 aliphatic rings. The summed E-state index contributed by atoms with van der Waals surface area (Å²) >= 11 is 0. The van der Waals surface area contributed by atoms with E-state index in [-0.39, 0.29) is 0 Å². The lowest BCUT2D eigenvalue weighted by molar-refractivity contribution is -0.137. The Kier molecular flexibility index (Phi) is 5.93. The Morgan fingerprint density at radius 1 is 0.720 bits per heavy atom. The fourth-order valence-electron chi connectivity index (χ4n) is 2.70. The van der Waals surface area contributed by atoms with E-state index in [0.717, 1.165) is 0 Å². The molecule has 2 aromatic rings. The summed E-state index contributed by atoms with van der Waals surface area (Å²) in [6.07, 6.45) is -1.26. The molecule has 6 nitrogen and oxygen atoms in total. The van der Waals surface area contributed by atoms with Crippen LogP contribution in [-0.2, 0) is 19.4 Å². The molecule has 0 amide bonds. The monoisotopic (exact) mass is 362 g/mol. The van der Waals surface area contributed by atoms with Crippen molar-refractivity contribution in [2.75, 3.05) is 0 Å². The predicted octanol–water partition coefficient (Wildman–Crippen LogP) is 2.83. The van der Waals surface area contributed by atoms with E-state index in [9.17, 15) is 18.0 Å². The molecule has 2 unspecified atom stereocenters. The highest BCUT2D eigenvalue weighted by molar-refractivity contribution is 7.92. The van der Waals surface area contributed by atoms with Gasteiger partial charge in [0.2, 0.25) is 0 Å². The number of hydrogen-bond donors (Lipinski definition) is 2. The molecule has 0 aliphatic carbocycles. The number of carboxylic acid groups (broad SMARTS) is 2. The molecular weight excluding hydrogens is 344 g/mol. The molecule has 2 N–H and O–H groups in total. The van der Waals surface area contributed by atoms with E-state index < -0.39 is 45.1 Å². The third-order valence-electron chi connectivity index (χ3n) is 3.86. The average Bonchev–Trinajstić information content (AvgIpc) is 2.58. The number of hydrogen-bond acceptors (Lipinski definition) is 4. The molecule has 0 bridgehead atoms. The van der Waals surface area contributed by atoms with Crippen molar-refractivity contribution in [2.45, 2.75) is 23.3 Å². The minimum atomic E-state index is -4.12. The van der Waals surface area contributed by atoms with Crippen LogP contribution in [0.5, 0.6) is 0 Å². The van der Waals surface area contributed by atoms with Gasteiger partial charge in [0.05, 0.1) is 23.3 Å². The van der Waals surface area contributed by atoms with Crippen LogP contribution in [-0.4, -0.2) is 30.6 Å². The van der Waals surface area contributed by atoms with Crippen LogP contribution in [0.4, 0.5) is 0 Å². The van der Waals surface area contributed by atoms with Crippen LogP contribution in [0.3, 0.4) is 0 Å². The van der Waals surface area contributed by atoms with Crippen LogP contribution in [0.25, 0.3) is 0 Å². The summed E-state index contributed by atoms with van der Waals surface area (Å²) in [5.41, 5.74) is 0.660. The molecule has 0 radical (unpaired) electrons. The third kappa shape index (κ3) is 4.67. The Labute approximate surface area is 145 Å². The van der Waals surface area contributed by atoms with Gasteiger partial charge in [-0.1, -0.05) is 60.7 Å². The molecule has 7 heteroatoms. The van der Waals surface area contributed by atoms with Crippen molar-refractivity contribution < 1.29 is 28.2 Å². The fraction of sp³-hybridized carbons (Fsp3) is 0.222. The third-order valence-corrected chi connectivity index (χ3v) is 6.32. The minimum absolute atomic E-state index is 0.330. The number of rotatable bonds is 8. The smallest absolute Gasteiger partial charge is 0.305 e. The second-order valence-corrected chi connectivity index (χ2v) is 7.90. The van der Waals surface area contributed by atoms with Crippen LogP contribution in [0.15, 0.2) is 60.7 Å². The zero-order valence-corrected chi connectivity index (χ0v) is 14.1. The number of aliphatic carboxylic acids is 2. The van der Waals surface area contributed by atoms with Gasteiger partial charge in [-0.2, -0.15) is 0 Å². The number of carboxylic acids is 2. The first-order valence-electron chi connectivity index (χ1n) is 7.58. The number of sulfone groups is 1. The lowest BCUT2D eigenvalue weighted by Gasteiger charge is -2.23. The molecule has 2 rings (SSSR count). The summed E-state index contributed by atoms with van der Waals surface area (Å²) in [6, 6.07) is 16.0. The zero-order chi connectivity index (χ0) is 18.4. The number of benzene rings is 2. The highest BCUT2D eigenvalue weighted by Crippen LogP contribution is 2.38. The highest BCUT2D eigenvalue weighted by atomic mass is 32.2. The van der Waals surface area contributed by atoms with Crippen LogP contribution in [0.2, 0.25) is 0 Å². The molecule has 0 saturated carbocycles. The van der Waals surface area contributed by atoms with Crippen molar-refractivity contribution in [1.29, 1.82) is 0 Å². The molecule has 0 heterocycles. The molecule has 0 aliphatic heterocycles. The van der Waals surface area contributed by atoms with E-state index in [0.29, 0.717) is 11.1 Å². The Hall–Kier alpha value is -2.67. The van der Waals surface area contributed by atoms with Crippen molar-refractivity contribution in [1.82, 2.24) is 0 Å². The van der Waals surface area contributed by atoms with E-state index in [1.54, 1.807) is 36.4 Å². The largest absolute Gasteiger partial charge is 0.481 e. The summed E-state index contributed by atoms with van der Waals surface area (Å²) in [4.78, 5) is 22.5. The van der Waals surface area contributed by atoms with E-state index in [1.165, 1.54) is 24.3 Å². The van der Waals surface area contributed by atoms with E-state index in [1.807, 2.05) is 0 Å². The van der Waals surface area contributed by atoms with Crippen LogP contribution in [0.1, 0.15) is 34.5 Å². The first kappa shape index (κ1) is 18.7. The maximum atomic E-state index is 13.2. The van der Waals surface area contributed by atoms with Gasteiger partial charge in [-0.3, -0.25) is 9.59 Å². The minimum Gasteiger partial charge on any atom is -0.481 e. The molecule has 0 spiro atoms. The molecule has 2 aromatic carbocycles. The van der Waals surface area contributed by atoms with E-state index >= 15 is 0 Å². The Morgan fingerprint density at radius 3 is 1.32 bits per heavy atom. The summed E-state index contributed by atoms with van der Waals surface area (Å²) in [6.45, 7) is 0. The van der Waals surface area contributed by atoms with E-state index in [2.05, 4.69) is 0 Å². The average molecular weight is 362 g/mol. The highest BCUT2D eigenvalue weighted by Gasteiger charge is 2.38. The molecule has 132 valence electrons. The quantitative estimate of drug-likeness (QED) is 0.747. The van der Waals surface area contributed by atoms with Crippen molar-refractivity contribution >= 4 is 21.8 Å². The summed E-state index contributed by atoms with van der Waals surface area (Å²) in [7, 11) is -4.12. The normalized spacial score (nSPS) is 13.8. The Balaban J connectivity index is 2.54. The first-order valence-corrected chi connectivity index (χ1v) is 9.19. The number of carbonyl (C=O) groups is 2. The topological polar surface area (TPSA) is 109 Å². The van der Waals surface area contributed by atoms with Gasteiger partial charge in [0, 0.05) is 0 Å². The maximum Gasteiger partial charge on any atom is 0.305 e. The van der Waals surface area contributed by atoms with Gasteiger partial charge in [0.1, 0.15) is 0 Å². The Morgan fingerprint density at radius 2 is 1.04 bits per heavy atom. The molecule has 0 aromatic heterocycles. The molecule has 2 atom stereocenters. The van der Waals surface area contributed by atoms with Crippen molar-refractivity contribution in [3.05, 3.63) is 71.8 Å². The van der Waals surface area contributed by atoms with Crippen molar-refractivity contribution in [3.8, 4) is 0 Å². The molecule has 25 heavy (non-hydrogen) atoms. The lowest BCUT2D eigenvalue weighted by Crippen LogP contribution is -2.25. The standard InChI is InChI=1S/C18H18O6S/c19-17(20)11-15(13-7-3-1-4-8-13)25(23,24)16(12-18(21)22)14-9-5-2-6-10-14/h1-10,15-16H,11-12H2,(H,19,20)(H,21,22). The van der Waals surface area contributed by atoms with E-state index in [4.69, 9.17) is 10.2 Å². The first-order chi connectivity index (χ1) is 11.8. The van der Waals surface area contributed by atoms with Gasteiger partial charge in [-0.25, -0.2) is 8.42 Å². The van der Waals surface area contributed by atoms with Crippen LogP contribution >= 0.6 is 0 Å². The van der Waals surface area contributed by atoms with Gasteiger partial charge >= 0.3 is 11.9 Å². The van der Waals surface area contributed by atoms with Gasteiger partial charge in [0.15, 0.2) is 9.84 Å². The van der Waals surface area contributed by atoms with Crippen LogP contribution in [0, 0.1) is 0 Å². The summed E-state index contributed by atoms with van der Waals surface area (Å²) < 4.78 is 26.4. The lowest BCUT2D eigenvalue weighted by atomic mass is 10.1. The predicted molar refractivity (Wildman–Crippen MR) is 91.8 cm³/mol. The summed E-state index contributed by atoms with van der Waals surface area (Å²) in [5, 5.41) is 15.7. The van der Waals surface area contributed by atoms with Crippen molar-refractivity contribution in [2.24, 2.45) is 0 Å². The van der Waals surface area contributed by atoms with Crippen LogP contribution < -0.4 is 0 Å². The van der Waals surface area contributed by atoms with Crippen molar-refractivity contribution in [3.63, 3.8) is 0 Å².